The minimum atomic E-state index is 0.0399. The second-order valence-corrected chi connectivity index (χ2v) is 6.24. The van der Waals surface area contributed by atoms with Crippen molar-refractivity contribution in [1.29, 1.82) is 0 Å². The number of hydrogen-bond acceptors (Lipinski definition) is 2. The zero-order valence-electron chi connectivity index (χ0n) is 13.7. The topological polar surface area (TPSA) is 32.3 Å². The molecular formula is C20H24N2O. The smallest absolute Gasteiger partial charge is 0.232 e. The maximum absolute atomic E-state index is 12.1. The molecule has 1 N–H and O–H groups in total. The zero-order chi connectivity index (χ0) is 16.1. The van der Waals surface area contributed by atoms with Crippen LogP contribution in [0.2, 0.25) is 0 Å². The summed E-state index contributed by atoms with van der Waals surface area (Å²) in [4.78, 5) is 14.4. The molecule has 1 heterocycles. The molecule has 1 atom stereocenters. The van der Waals surface area contributed by atoms with Crippen LogP contribution >= 0.6 is 0 Å². The Hall–Kier alpha value is -2.29. The van der Waals surface area contributed by atoms with Crippen LogP contribution in [0.15, 0.2) is 54.6 Å². The number of anilines is 2. The highest BCUT2D eigenvalue weighted by Gasteiger charge is 2.29. The molecule has 0 radical (unpaired) electrons. The number of nitrogens with one attached hydrogen (secondary N) is 1. The lowest BCUT2D eigenvalue weighted by atomic mass is 9.94. The Kier molecular flexibility index (Phi) is 4.96. The van der Waals surface area contributed by atoms with E-state index >= 15 is 0 Å². The average molecular weight is 308 g/mol. The van der Waals surface area contributed by atoms with Crippen LogP contribution in [0.3, 0.4) is 0 Å². The van der Waals surface area contributed by atoms with Gasteiger partial charge in [-0.15, -0.1) is 0 Å². The van der Waals surface area contributed by atoms with Gasteiger partial charge in [-0.05, 0) is 36.6 Å². The number of hydrogen-bond donors (Lipinski definition) is 1. The van der Waals surface area contributed by atoms with Gasteiger partial charge in [0, 0.05) is 25.0 Å². The number of fused-ring (bicyclic) bond motifs is 1. The highest BCUT2D eigenvalue weighted by molar-refractivity contribution is 6.02. The van der Waals surface area contributed by atoms with Gasteiger partial charge in [-0.25, -0.2) is 0 Å². The lowest BCUT2D eigenvalue weighted by Gasteiger charge is -2.19. The number of carbonyl (C=O) groups excluding carboxylic acids is 1. The van der Waals surface area contributed by atoms with E-state index in [2.05, 4.69) is 47.6 Å². The van der Waals surface area contributed by atoms with E-state index in [-0.39, 0.29) is 11.8 Å². The van der Waals surface area contributed by atoms with Gasteiger partial charge in [0.15, 0.2) is 0 Å². The molecule has 0 bridgehead atoms. The number of benzene rings is 2. The van der Waals surface area contributed by atoms with Gasteiger partial charge in [-0.3, -0.25) is 4.79 Å². The fourth-order valence-electron chi connectivity index (χ4n) is 3.25. The molecule has 0 fully saturated rings. The van der Waals surface area contributed by atoms with Gasteiger partial charge in [-0.2, -0.15) is 0 Å². The maximum atomic E-state index is 12.1. The number of nitrogens with zero attached hydrogens (tertiary/aromatic N) is 1. The van der Waals surface area contributed by atoms with Crippen LogP contribution in [0.25, 0.3) is 0 Å². The molecule has 1 unspecified atom stereocenters. The monoisotopic (exact) mass is 308 g/mol. The van der Waals surface area contributed by atoms with Crippen LogP contribution in [-0.2, 0) is 4.79 Å². The van der Waals surface area contributed by atoms with Crippen LogP contribution in [0, 0.1) is 0 Å². The van der Waals surface area contributed by atoms with Crippen molar-refractivity contribution >= 4 is 17.3 Å². The summed E-state index contributed by atoms with van der Waals surface area (Å²) in [6.07, 6.45) is 4.34. The summed E-state index contributed by atoms with van der Waals surface area (Å²) in [7, 11) is 2.13. The lowest BCUT2D eigenvalue weighted by molar-refractivity contribution is -0.117. The zero-order valence-corrected chi connectivity index (χ0v) is 13.7. The largest absolute Gasteiger partial charge is 0.375 e. The van der Waals surface area contributed by atoms with Crippen LogP contribution < -0.4 is 10.2 Å². The van der Waals surface area contributed by atoms with Crippen LogP contribution in [0.5, 0.6) is 0 Å². The first-order valence-electron chi connectivity index (χ1n) is 8.41. The maximum Gasteiger partial charge on any atom is 0.232 e. The second-order valence-electron chi connectivity index (χ2n) is 6.24. The molecule has 0 aromatic heterocycles. The normalized spacial score (nSPS) is 16.0. The fourth-order valence-corrected chi connectivity index (χ4v) is 3.25. The molecule has 1 amide bonds. The van der Waals surface area contributed by atoms with E-state index in [4.69, 9.17) is 0 Å². The summed E-state index contributed by atoms with van der Waals surface area (Å²) < 4.78 is 0. The van der Waals surface area contributed by atoms with E-state index in [9.17, 15) is 4.79 Å². The number of rotatable bonds is 7. The van der Waals surface area contributed by atoms with Crippen molar-refractivity contribution in [3.8, 4) is 0 Å². The van der Waals surface area contributed by atoms with Crippen LogP contribution in [0.4, 0.5) is 11.4 Å². The Labute approximate surface area is 138 Å². The summed E-state index contributed by atoms with van der Waals surface area (Å²) >= 11 is 0. The summed E-state index contributed by atoms with van der Waals surface area (Å²) in [5.74, 6) is 0.200. The van der Waals surface area contributed by atoms with Crippen LogP contribution in [0.1, 0.15) is 37.2 Å². The number of para-hydroxylation sites is 2. The summed E-state index contributed by atoms with van der Waals surface area (Å²) in [5, 5.41) is 2.98. The molecule has 120 valence electrons. The van der Waals surface area contributed by atoms with Gasteiger partial charge in [0.05, 0.1) is 5.92 Å². The Morgan fingerprint density at radius 3 is 2.52 bits per heavy atom. The lowest BCUT2D eigenvalue weighted by Crippen LogP contribution is -2.18. The standard InChI is InChI=1S/C20H24N2O/c1-22(16-10-4-2-5-11-16)15-9-3-6-13-18-17-12-7-8-14-19(17)21-20(18)23/h2,4-5,7-8,10-12,14,18H,3,6,9,13,15H2,1H3,(H,21,23). The minimum Gasteiger partial charge on any atom is -0.375 e. The Morgan fingerprint density at radius 2 is 1.70 bits per heavy atom. The first-order chi connectivity index (χ1) is 11.3. The van der Waals surface area contributed by atoms with Crippen molar-refractivity contribution in [2.75, 3.05) is 23.8 Å². The molecule has 3 nitrogen and oxygen atoms in total. The minimum absolute atomic E-state index is 0.0399. The molecule has 0 saturated heterocycles. The molecular weight excluding hydrogens is 284 g/mol. The number of carbonyl (C=O) groups is 1. The number of amides is 1. The molecule has 23 heavy (non-hydrogen) atoms. The van der Waals surface area contributed by atoms with Crippen LogP contribution in [-0.4, -0.2) is 19.5 Å². The first-order valence-corrected chi connectivity index (χ1v) is 8.41. The molecule has 1 aliphatic heterocycles. The van der Waals surface area contributed by atoms with E-state index in [1.165, 1.54) is 11.3 Å². The molecule has 0 spiro atoms. The molecule has 3 rings (SSSR count). The molecule has 0 aliphatic carbocycles. The predicted molar refractivity (Wildman–Crippen MR) is 96.0 cm³/mol. The van der Waals surface area contributed by atoms with Gasteiger partial charge >= 0.3 is 0 Å². The number of unbranched alkanes of at least 4 members (excludes halogenated alkanes) is 2. The van der Waals surface area contributed by atoms with E-state index in [1.807, 2.05) is 24.3 Å². The quantitative estimate of drug-likeness (QED) is 0.768. The van der Waals surface area contributed by atoms with E-state index in [0.717, 1.165) is 37.9 Å². The van der Waals surface area contributed by atoms with E-state index in [1.54, 1.807) is 0 Å². The third kappa shape index (κ3) is 3.73. The Balaban J connectivity index is 1.41. The molecule has 2 aromatic carbocycles. The van der Waals surface area contributed by atoms with Gasteiger partial charge < -0.3 is 10.2 Å². The van der Waals surface area contributed by atoms with Gasteiger partial charge in [0.2, 0.25) is 5.91 Å². The van der Waals surface area contributed by atoms with Crippen molar-refractivity contribution in [2.45, 2.75) is 31.6 Å². The second kappa shape index (κ2) is 7.32. The summed E-state index contributed by atoms with van der Waals surface area (Å²) in [6, 6.07) is 18.5. The molecule has 3 heteroatoms. The summed E-state index contributed by atoms with van der Waals surface area (Å²) in [5.41, 5.74) is 3.42. The average Bonchev–Trinajstić information content (AvgIpc) is 2.91. The molecule has 1 aliphatic rings. The highest BCUT2D eigenvalue weighted by Crippen LogP contribution is 2.35. The Morgan fingerprint density at radius 1 is 0.957 bits per heavy atom. The first kappa shape index (κ1) is 15.6. The highest BCUT2D eigenvalue weighted by atomic mass is 16.2. The fraction of sp³-hybridized carbons (Fsp3) is 0.350. The van der Waals surface area contributed by atoms with Crippen molar-refractivity contribution in [2.24, 2.45) is 0 Å². The molecule has 2 aromatic rings. The van der Waals surface area contributed by atoms with Gasteiger partial charge in [0.1, 0.15) is 0 Å². The van der Waals surface area contributed by atoms with Gasteiger partial charge in [-0.1, -0.05) is 49.2 Å². The van der Waals surface area contributed by atoms with Gasteiger partial charge in [0.25, 0.3) is 0 Å². The Bertz CT molecular complexity index is 654. The van der Waals surface area contributed by atoms with Crippen molar-refractivity contribution in [3.63, 3.8) is 0 Å². The SMILES string of the molecule is CN(CCCCCC1C(=O)Nc2ccccc21)c1ccccc1. The molecule has 0 saturated carbocycles. The van der Waals surface area contributed by atoms with Crippen molar-refractivity contribution < 1.29 is 4.79 Å². The predicted octanol–water partition coefficient (Wildman–Crippen LogP) is 4.42. The third-order valence-corrected chi connectivity index (χ3v) is 4.59. The third-order valence-electron chi connectivity index (χ3n) is 4.59. The van der Waals surface area contributed by atoms with E-state index in [0.29, 0.717) is 0 Å². The van der Waals surface area contributed by atoms with Crippen molar-refractivity contribution in [3.05, 3.63) is 60.2 Å². The van der Waals surface area contributed by atoms with E-state index < -0.39 is 0 Å². The van der Waals surface area contributed by atoms with Crippen molar-refractivity contribution in [1.82, 2.24) is 0 Å². The summed E-state index contributed by atoms with van der Waals surface area (Å²) in [6.45, 7) is 1.05.